The first-order valence-electron chi connectivity index (χ1n) is 7.71. The number of nitrogens with one attached hydrogen (secondary N) is 1. The zero-order valence-corrected chi connectivity index (χ0v) is 13.6. The number of rotatable bonds is 6. The molecule has 120 valence electrons. The summed E-state index contributed by atoms with van der Waals surface area (Å²) in [5.41, 5.74) is 0.560. The molecule has 0 aromatic heterocycles. The van der Waals surface area contributed by atoms with Crippen LogP contribution in [0.2, 0.25) is 5.02 Å². The first-order valence-corrected chi connectivity index (χ1v) is 8.09. The molecule has 1 aromatic carbocycles. The lowest BCUT2D eigenvalue weighted by atomic mass is 9.77. The number of nitriles is 1. The molecule has 2 rings (SSSR count). The molecule has 1 unspecified atom stereocenters. The van der Waals surface area contributed by atoms with E-state index in [2.05, 4.69) is 11.4 Å². The number of benzene rings is 1. The van der Waals surface area contributed by atoms with E-state index in [1.165, 1.54) is 0 Å². The molecule has 0 amide bonds. The van der Waals surface area contributed by atoms with Crippen molar-refractivity contribution in [2.75, 3.05) is 19.8 Å². The zero-order chi connectivity index (χ0) is 16.0. The Morgan fingerprint density at radius 1 is 1.41 bits per heavy atom. The summed E-state index contributed by atoms with van der Waals surface area (Å²) in [6, 6.07) is 10.1. The van der Waals surface area contributed by atoms with E-state index < -0.39 is 11.5 Å². The van der Waals surface area contributed by atoms with Crippen molar-refractivity contribution in [3.8, 4) is 6.07 Å². The first kappa shape index (κ1) is 17.2. The average molecular weight is 323 g/mol. The van der Waals surface area contributed by atoms with Crippen LogP contribution in [0.4, 0.5) is 0 Å². The molecule has 2 N–H and O–H groups in total. The minimum absolute atomic E-state index is 0.0519. The quantitative estimate of drug-likeness (QED) is 0.844. The van der Waals surface area contributed by atoms with Crippen molar-refractivity contribution in [1.29, 1.82) is 5.26 Å². The highest BCUT2D eigenvalue weighted by Gasteiger charge is 2.34. The van der Waals surface area contributed by atoms with Crippen LogP contribution in [0, 0.1) is 16.7 Å². The molecular formula is C17H23ClN2O2. The second kappa shape index (κ2) is 7.94. The molecule has 1 fully saturated rings. The van der Waals surface area contributed by atoms with E-state index in [9.17, 15) is 10.4 Å². The summed E-state index contributed by atoms with van der Waals surface area (Å²) in [5, 5.41) is 23.7. The van der Waals surface area contributed by atoms with Gasteiger partial charge in [-0.2, -0.15) is 5.26 Å². The lowest BCUT2D eigenvalue weighted by Gasteiger charge is -2.32. The number of ether oxygens (including phenoxy) is 1. The molecule has 1 saturated heterocycles. The van der Waals surface area contributed by atoms with E-state index in [1.807, 2.05) is 31.2 Å². The van der Waals surface area contributed by atoms with Gasteiger partial charge in [-0.1, -0.05) is 29.8 Å². The van der Waals surface area contributed by atoms with Gasteiger partial charge in [0.05, 0.1) is 17.6 Å². The van der Waals surface area contributed by atoms with E-state index in [-0.39, 0.29) is 6.04 Å². The molecule has 0 bridgehead atoms. The van der Waals surface area contributed by atoms with Gasteiger partial charge < -0.3 is 15.2 Å². The maximum absolute atomic E-state index is 10.3. The van der Waals surface area contributed by atoms with Gasteiger partial charge in [0.25, 0.3) is 0 Å². The summed E-state index contributed by atoms with van der Waals surface area (Å²) in [4.78, 5) is 0. The molecule has 4 nitrogen and oxygen atoms in total. The highest BCUT2D eigenvalue weighted by molar-refractivity contribution is 6.31. The zero-order valence-electron chi connectivity index (χ0n) is 12.9. The topological polar surface area (TPSA) is 65.3 Å². The number of aliphatic hydroxyl groups excluding tert-OH is 1. The Bertz CT molecular complexity index is 524. The second-order valence-electron chi connectivity index (χ2n) is 6.01. The summed E-state index contributed by atoms with van der Waals surface area (Å²) in [5.74, 6) is 0. The maximum Gasteiger partial charge on any atom is 0.0692 e. The van der Waals surface area contributed by atoms with Gasteiger partial charge in [0.15, 0.2) is 0 Å². The van der Waals surface area contributed by atoms with Crippen LogP contribution in [-0.2, 0) is 4.74 Å². The Morgan fingerprint density at radius 2 is 2.09 bits per heavy atom. The van der Waals surface area contributed by atoms with Crippen molar-refractivity contribution in [3.05, 3.63) is 34.9 Å². The second-order valence-corrected chi connectivity index (χ2v) is 6.42. The van der Waals surface area contributed by atoms with Gasteiger partial charge in [-0.15, -0.1) is 0 Å². The summed E-state index contributed by atoms with van der Waals surface area (Å²) < 4.78 is 5.31. The molecule has 22 heavy (non-hydrogen) atoms. The Labute approximate surface area is 137 Å². The van der Waals surface area contributed by atoms with E-state index in [4.69, 9.17) is 16.3 Å². The molecule has 0 aliphatic carbocycles. The third-order valence-corrected chi connectivity index (χ3v) is 4.69. The van der Waals surface area contributed by atoms with Gasteiger partial charge in [-0.05, 0) is 37.8 Å². The molecule has 0 spiro atoms. The van der Waals surface area contributed by atoms with Crippen molar-refractivity contribution in [1.82, 2.24) is 5.32 Å². The Kier molecular flexibility index (Phi) is 6.22. The molecule has 1 aliphatic rings. The number of hydrogen-bond donors (Lipinski definition) is 2. The maximum atomic E-state index is 10.3. The number of halogens is 1. The first-order chi connectivity index (χ1) is 10.6. The van der Waals surface area contributed by atoms with Crippen LogP contribution in [0.1, 0.15) is 37.8 Å². The Hall–Kier alpha value is -1.12. The lowest BCUT2D eigenvalue weighted by Crippen LogP contribution is -2.37. The smallest absolute Gasteiger partial charge is 0.0692 e. The molecule has 1 aromatic rings. The largest absolute Gasteiger partial charge is 0.392 e. The van der Waals surface area contributed by atoms with E-state index in [0.717, 1.165) is 10.6 Å². The predicted molar refractivity (Wildman–Crippen MR) is 86.6 cm³/mol. The summed E-state index contributed by atoms with van der Waals surface area (Å²) in [7, 11) is 0. The van der Waals surface area contributed by atoms with Gasteiger partial charge in [-0.25, -0.2) is 0 Å². The fraction of sp³-hybridized carbons (Fsp3) is 0.588. The third-order valence-electron chi connectivity index (χ3n) is 4.34. The van der Waals surface area contributed by atoms with Crippen molar-refractivity contribution in [2.24, 2.45) is 5.41 Å². The molecule has 5 heteroatoms. The average Bonchev–Trinajstić information content (AvgIpc) is 2.54. The van der Waals surface area contributed by atoms with Crippen LogP contribution in [-0.4, -0.2) is 31.0 Å². The number of hydrogen-bond acceptors (Lipinski definition) is 4. The Morgan fingerprint density at radius 3 is 2.73 bits per heavy atom. The van der Waals surface area contributed by atoms with Crippen LogP contribution >= 0.6 is 11.6 Å². The molecule has 1 heterocycles. The fourth-order valence-electron chi connectivity index (χ4n) is 2.90. The van der Waals surface area contributed by atoms with Crippen LogP contribution in [0.3, 0.4) is 0 Å². The molecule has 2 atom stereocenters. The normalized spacial score (nSPS) is 20.1. The van der Waals surface area contributed by atoms with Gasteiger partial charge >= 0.3 is 0 Å². The predicted octanol–water partition coefficient (Wildman–Crippen LogP) is 3.06. The molecule has 0 saturated carbocycles. The minimum Gasteiger partial charge on any atom is -0.392 e. The van der Waals surface area contributed by atoms with Crippen LogP contribution < -0.4 is 5.32 Å². The van der Waals surface area contributed by atoms with Gasteiger partial charge in [0, 0.05) is 30.8 Å². The van der Waals surface area contributed by atoms with Crippen molar-refractivity contribution < 1.29 is 9.84 Å². The third kappa shape index (κ3) is 4.44. The monoisotopic (exact) mass is 322 g/mol. The van der Waals surface area contributed by atoms with E-state index in [1.54, 1.807) is 0 Å². The Balaban J connectivity index is 1.86. The van der Waals surface area contributed by atoms with Crippen molar-refractivity contribution >= 4 is 11.6 Å². The fourth-order valence-corrected chi connectivity index (χ4v) is 3.20. The summed E-state index contributed by atoms with van der Waals surface area (Å²) >= 11 is 6.18. The van der Waals surface area contributed by atoms with E-state index in [0.29, 0.717) is 39.0 Å². The minimum atomic E-state index is -0.553. The molecule has 0 radical (unpaired) electrons. The van der Waals surface area contributed by atoms with Crippen LogP contribution in [0.15, 0.2) is 24.3 Å². The van der Waals surface area contributed by atoms with Gasteiger partial charge in [0.2, 0.25) is 0 Å². The van der Waals surface area contributed by atoms with Gasteiger partial charge in [0.1, 0.15) is 0 Å². The highest BCUT2D eigenvalue weighted by Crippen LogP contribution is 2.34. The number of nitrogens with zero attached hydrogens (tertiary/aromatic N) is 1. The summed E-state index contributed by atoms with van der Waals surface area (Å²) in [6.07, 6.45) is 1.32. The molecule has 1 aliphatic heterocycles. The van der Waals surface area contributed by atoms with Crippen LogP contribution in [0.5, 0.6) is 0 Å². The van der Waals surface area contributed by atoms with Crippen LogP contribution in [0.25, 0.3) is 0 Å². The van der Waals surface area contributed by atoms with Gasteiger partial charge in [-0.3, -0.25) is 0 Å². The number of aliphatic hydroxyl groups is 1. The van der Waals surface area contributed by atoms with Crippen molar-refractivity contribution in [2.45, 2.75) is 38.3 Å². The lowest BCUT2D eigenvalue weighted by molar-refractivity contribution is 0.0139. The van der Waals surface area contributed by atoms with Crippen molar-refractivity contribution in [3.63, 3.8) is 0 Å². The highest BCUT2D eigenvalue weighted by atomic mass is 35.5. The van der Waals surface area contributed by atoms with E-state index >= 15 is 0 Å². The molecular weight excluding hydrogens is 300 g/mol. The summed E-state index contributed by atoms with van der Waals surface area (Å²) in [6.45, 7) is 3.66. The SMILES string of the molecule is C[C@@H](NCC(O)CC1(C#N)CCOCC1)c1ccccc1Cl. The standard InChI is InChI=1S/C17H23ClN2O2/c1-13(15-4-2-3-5-16(15)18)20-11-14(21)10-17(12-19)6-8-22-9-7-17/h2-5,13-14,20-21H,6-11H2,1H3/t13-,14?/m1/s1.